The van der Waals surface area contributed by atoms with Crippen LogP contribution in [0.25, 0.3) is 10.8 Å². The maximum Gasteiger partial charge on any atom is 0.239 e. The molecule has 2 aromatic carbocycles. The molecule has 0 heterocycles. The average Bonchev–Trinajstić information content (AvgIpc) is 2.51. The van der Waals surface area contributed by atoms with Crippen molar-refractivity contribution in [2.24, 2.45) is 5.73 Å². The molecule has 0 fully saturated rings. The van der Waals surface area contributed by atoms with Gasteiger partial charge in [0, 0.05) is 19.5 Å². The first-order chi connectivity index (χ1) is 10.2. The van der Waals surface area contributed by atoms with Crippen molar-refractivity contribution in [3.8, 4) is 0 Å². The molecule has 2 amide bonds. The Morgan fingerprint density at radius 3 is 2.52 bits per heavy atom. The van der Waals surface area contributed by atoms with Gasteiger partial charge in [0.2, 0.25) is 11.8 Å². The van der Waals surface area contributed by atoms with E-state index in [9.17, 15) is 9.59 Å². The zero-order valence-corrected chi connectivity index (χ0v) is 11.8. The molecular weight excluding hydrogens is 266 g/mol. The van der Waals surface area contributed by atoms with Crippen LogP contribution in [0.3, 0.4) is 0 Å². The van der Waals surface area contributed by atoms with E-state index in [0.717, 1.165) is 16.3 Å². The number of hydrogen-bond donors (Lipinski definition) is 3. The van der Waals surface area contributed by atoms with Crippen LogP contribution in [0.4, 0.5) is 0 Å². The SMILES string of the molecule is NCCC(=O)NCC(=O)NCc1cccc2ccccc12. The number of carbonyl (C=O) groups is 2. The Kier molecular flexibility index (Phi) is 5.29. The number of fused-ring (bicyclic) bond motifs is 1. The van der Waals surface area contributed by atoms with Crippen LogP contribution in [0.2, 0.25) is 0 Å². The molecule has 0 aliphatic heterocycles. The Hall–Kier alpha value is -2.40. The molecular formula is C16H19N3O2. The molecule has 0 atom stereocenters. The third-order valence-corrected chi connectivity index (χ3v) is 3.17. The van der Waals surface area contributed by atoms with Crippen LogP contribution in [0, 0.1) is 0 Å². The number of nitrogens with one attached hydrogen (secondary N) is 2. The van der Waals surface area contributed by atoms with Crippen molar-refractivity contribution in [1.29, 1.82) is 0 Å². The highest BCUT2D eigenvalue weighted by Gasteiger charge is 2.06. The molecule has 110 valence electrons. The summed E-state index contributed by atoms with van der Waals surface area (Å²) in [5.41, 5.74) is 6.31. The fraction of sp³-hybridized carbons (Fsp3) is 0.250. The lowest BCUT2D eigenvalue weighted by atomic mass is 10.0. The van der Waals surface area contributed by atoms with Gasteiger partial charge in [0.25, 0.3) is 0 Å². The van der Waals surface area contributed by atoms with Gasteiger partial charge in [0.1, 0.15) is 0 Å². The predicted octanol–water partition coefficient (Wildman–Crippen LogP) is 0.921. The molecule has 0 aliphatic rings. The maximum absolute atomic E-state index is 11.7. The van der Waals surface area contributed by atoms with Crippen LogP contribution in [-0.4, -0.2) is 24.9 Å². The molecule has 0 aliphatic carbocycles. The Morgan fingerprint density at radius 2 is 1.71 bits per heavy atom. The summed E-state index contributed by atoms with van der Waals surface area (Å²) in [6, 6.07) is 14.0. The molecule has 0 aromatic heterocycles. The fourth-order valence-corrected chi connectivity index (χ4v) is 2.10. The number of hydrogen-bond acceptors (Lipinski definition) is 3. The van der Waals surface area contributed by atoms with Crippen LogP contribution < -0.4 is 16.4 Å². The first-order valence-electron chi connectivity index (χ1n) is 6.91. The van der Waals surface area contributed by atoms with E-state index in [1.165, 1.54) is 0 Å². The molecule has 0 saturated carbocycles. The third-order valence-electron chi connectivity index (χ3n) is 3.17. The van der Waals surface area contributed by atoms with Crippen LogP contribution >= 0.6 is 0 Å². The molecule has 0 saturated heterocycles. The Balaban J connectivity index is 1.90. The van der Waals surface area contributed by atoms with Gasteiger partial charge in [-0.1, -0.05) is 42.5 Å². The first kappa shape index (κ1) is 15.0. The van der Waals surface area contributed by atoms with E-state index in [-0.39, 0.29) is 31.3 Å². The Morgan fingerprint density at radius 1 is 0.952 bits per heavy atom. The zero-order valence-electron chi connectivity index (χ0n) is 11.8. The fourth-order valence-electron chi connectivity index (χ4n) is 2.10. The topological polar surface area (TPSA) is 84.2 Å². The molecule has 0 bridgehead atoms. The van der Waals surface area contributed by atoms with Crippen LogP contribution in [0.5, 0.6) is 0 Å². The van der Waals surface area contributed by atoms with Crippen molar-refractivity contribution >= 4 is 22.6 Å². The molecule has 5 heteroatoms. The first-order valence-corrected chi connectivity index (χ1v) is 6.91. The molecule has 2 rings (SSSR count). The van der Waals surface area contributed by atoms with E-state index in [0.29, 0.717) is 6.54 Å². The average molecular weight is 285 g/mol. The smallest absolute Gasteiger partial charge is 0.239 e. The van der Waals surface area contributed by atoms with E-state index in [1.807, 2.05) is 42.5 Å². The number of rotatable bonds is 6. The van der Waals surface area contributed by atoms with Crippen molar-refractivity contribution in [1.82, 2.24) is 10.6 Å². The second-order valence-electron chi connectivity index (χ2n) is 4.73. The van der Waals surface area contributed by atoms with Crippen molar-refractivity contribution in [3.63, 3.8) is 0 Å². The van der Waals surface area contributed by atoms with Gasteiger partial charge in [-0.15, -0.1) is 0 Å². The summed E-state index contributed by atoms with van der Waals surface area (Å²) in [5.74, 6) is -0.425. The van der Waals surface area contributed by atoms with Gasteiger partial charge in [-0.05, 0) is 16.3 Å². The summed E-state index contributed by atoms with van der Waals surface area (Å²) in [7, 11) is 0. The maximum atomic E-state index is 11.7. The molecule has 0 spiro atoms. The van der Waals surface area contributed by atoms with E-state index in [4.69, 9.17) is 5.73 Å². The summed E-state index contributed by atoms with van der Waals surface area (Å²) >= 11 is 0. The highest BCUT2D eigenvalue weighted by Crippen LogP contribution is 2.17. The standard InChI is InChI=1S/C16H19N3O2/c17-9-8-15(20)19-11-16(21)18-10-13-6-3-5-12-4-1-2-7-14(12)13/h1-7H,8-11,17H2,(H,18,21)(H,19,20). The lowest BCUT2D eigenvalue weighted by Crippen LogP contribution is -2.37. The minimum atomic E-state index is -0.215. The molecule has 21 heavy (non-hydrogen) atoms. The quantitative estimate of drug-likeness (QED) is 0.738. The van der Waals surface area contributed by atoms with E-state index in [2.05, 4.69) is 10.6 Å². The monoisotopic (exact) mass is 285 g/mol. The molecule has 0 radical (unpaired) electrons. The second kappa shape index (κ2) is 7.40. The van der Waals surface area contributed by atoms with E-state index >= 15 is 0 Å². The zero-order chi connectivity index (χ0) is 15.1. The van der Waals surface area contributed by atoms with E-state index in [1.54, 1.807) is 0 Å². The summed E-state index contributed by atoms with van der Waals surface area (Å²) in [6.07, 6.45) is 0.233. The third kappa shape index (κ3) is 4.29. The lowest BCUT2D eigenvalue weighted by molar-refractivity contribution is -0.126. The van der Waals surface area contributed by atoms with Crippen molar-refractivity contribution in [3.05, 3.63) is 48.0 Å². The van der Waals surface area contributed by atoms with Crippen molar-refractivity contribution in [2.75, 3.05) is 13.1 Å². The summed E-state index contributed by atoms with van der Waals surface area (Å²) < 4.78 is 0. The van der Waals surface area contributed by atoms with E-state index < -0.39 is 0 Å². The largest absolute Gasteiger partial charge is 0.350 e. The predicted molar refractivity (Wildman–Crippen MR) is 82.5 cm³/mol. The normalized spacial score (nSPS) is 10.3. The minimum Gasteiger partial charge on any atom is -0.350 e. The van der Waals surface area contributed by atoms with Gasteiger partial charge >= 0.3 is 0 Å². The number of amides is 2. The molecule has 0 unspecified atom stereocenters. The highest BCUT2D eigenvalue weighted by molar-refractivity contribution is 5.87. The second-order valence-corrected chi connectivity index (χ2v) is 4.73. The van der Waals surface area contributed by atoms with Gasteiger partial charge in [0.05, 0.1) is 6.54 Å². The van der Waals surface area contributed by atoms with Crippen molar-refractivity contribution in [2.45, 2.75) is 13.0 Å². The summed E-state index contributed by atoms with van der Waals surface area (Å²) in [5, 5.41) is 7.59. The highest BCUT2D eigenvalue weighted by atomic mass is 16.2. The van der Waals surface area contributed by atoms with Gasteiger partial charge in [-0.25, -0.2) is 0 Å². The van der Waals surface area contributed by atoms with Gasteiger partial charge in [-0.2, -0.15) is 0 Å². The lowest BCUT2D eigenvalue weighted by Gasteiger charge is -2.09. The minimum absolute atomic E-state index is 0.0242. The molecule has 4 N–H and O–H groups in total. The number of nitrogens with two attached hydrogens (primary N) is 1. The van der Waals surface area contributed by atoms with Crippen molar-refractivity contribution < 1.29 is 9.59 Å². The molecule has 2 aromatic rings. The molecule has 5 nitrogen and oxygen atoms in total. The number of carbonyl (C=O) groups excluding carboxylic acids is 2. The Bertz CT molecular complexity index is 635. The number of benzene rings is 2. The summed E-state index contributed by atoms with van der Waals surface area (Å²) in [6.45, 7) is 0.694. The van der Waals surface area contributed by atoms with Gasteiger partial charge in [0.15, 0.2) is 0 Å². The van der Waals surface area contributed by atoms with Crippen LogP contribution in [-0.2, 0) is 16.1 Å². The Labute approximate surface area is 123 Å². The van der Waals surface area contributed by atoms with Crippen LogP contribution in [0.1, 0.15) is 12.0 Å². The van der Waals surface area contributed by atoms with Gasteiger partial charge < -0.3 is 16.4 Å². The van der Waals surface area contributed by atoms with Gasteiger partial charge in [-0.3, -0.25) is 9.59 Å². The van der Waals surface area contributed by atoms with Crippen LogP contribution in [0.15, 0.2) is 42.5 Å². The summed E-state index contributed by atoms with van der Waals surface area (Å²) in [4.78, 5) is 22.9.